The van der Waals surface area contributed by atoms with Crippen molar-refractivity contribution < 1.29 is 14.3 Å². The number of alkyl halides is 3. The monoisotopic (exact) mass is 344 g/mol. The molecule has 0 unspecified atom stereocenters. The number of ether oxygens (including phenoxy) is 1. The molecule has 0 spiro atoms. The highest BCUT2D eigenvalue weighted by Crippen LogP contribution is 2.30. The van der Waals surface area contributed by atoms with E-state index in [1.54, 1.807) is 6.07 Å². The van der Waals surface area contributed by atoms with Crippen LogP contribution in [0.15, 0.2) is 22.7 Å². The van der Waals surface area contributed by atoms with Crippen LogP contribution in [-0.4, -0.2) is 16.0 Å². The first-order valence-electron chi connectivity index (χ1n) is 3.88. The van der Waals surface area contributed by atoms with E-state index in [1.165, 1.54) is 12.1 Å². The van der Waals surface area contributed by atoms with E-state index < -0.39 is 9.76 Å². The Hall–Kier alpha value is -0.290. The fourth-order valence-corrected chi connectivity index (χ4v) is 1.36. The van der Waals surface area contributed by atoms with Crippen LogP contribution in [0.2, 0.25) is 0 Å². The molecule has 16 heavy (non-hydrogen) atoms. The summed E-state index contributed by atoms with van der Waals surface area (Å²) in [5.41, 5.74) is 0.178. The smallest absolute Gasteiger partial charge is 0.363 e. The zero-order valence-corrected chi connectivity index (χ0v) is 11.4. The quantitative estimate of drug-likeness (QED) is 0.356. The van der Waals surface area contributed by atoms with Gasteiger partial charge in [-0.3, -0.25) is 4.79 Å². The van der Waals surface area contributed by atoms with Crippen LogP contribution < -0.4 is 4.74 Å². The molecule has 7 heteroatoms. The molecule has 0 aliphatic heterocycles. The van der Waals surface area contributed by atoms with E-state index in [2.05, 4.69) is 15.9 Å². The maximum atomic E-state index is 11.2. The summed E-state index contributed by atoms with van der Waals surface area (Å²) >= 11 is 19.1. The molecule has 0 aromatic heterocycles. The van der Waals surface area contributed by atoms with Crippen molar-refractivity contribution in [1.29, 1.82) is 0 Å². The number of rotatable bonds is 2. The van der Waals surface area contributed by atoms with Crippen molar-refractivity contribution in [2.75, 3.05) is 0 Å². The van der Waals surface area contributed by atoms with Crippen LogP contribution in [0.3, 0.4) is 0 Å². The highest BCUT2D eigenvalue weighted by atomic mass is 79.9. The first kappa shape index (κ1) is 13.8. The van der Waals surface area contributed by atoms with Gasteiger partial charge in [0.2, 0.25) is 0 Å². The molecule has 1 rings (SSSR count). The van der Waals surface area contributed by atoms with Gasteiger partial charge in [0.1, 0.15) is 5.75 Å². The van der Waals surface area contributed by atoms with Gasteiger partial charge in [0.15, 0.2) is 6.29 Å². The number of benzene rings is 1. The lowest BCUT2D eigenvalue weighted by Gasteiger charge is -2.11. The Morgan fingerprint density at radius 3 is 2.50 bits per heavy atom. The standard InChI is InChI=1S/C9H4BrCl3O3/c10-6-1-2-7(5(3-6)4-14)16-8(15)9(11,12)13/h1-4H. The number of aldehydes is 1. The van der Waals surface area contributed by atoms with E-state index in [1.807, 2.05) is 0 Å². The molecule has 1 aromatic carbocycles. The van der Waals surface area contributed by atoms with Gasteiger partial charge in [-0.25, -0.2) is 4.79 Å². The average Bonchev–Trinajstić information content (AvgIpc) is 2.19. The third kappa shape index (κ3) is 3.63. The lowest BCUT2D eigenvalue weighted by Crippen LogP contribution is -2.25. The molecule has 0 aliphatic rings. The Bertz CT molecular complexity index is 428. The second-order valence-electron chi connectivity index (χ2n) is 2.69. The molecule has 3 nitrogen and oxygen atoms in total. The van der Waals surface area contributed by atoms with E-state index in [9.17, 15) is 9.59 Å². The minimum absolute atomic E-state index is 0.0366. The first-order valence-corrected chi connectivity index (χ1v) is 5.81. The molecule has 0 amide bonds. The minimum Gasteiger partial charge on any atom is -0.423 e. The zero-order chi connectivity index (χ0) is 12.3. The number of halogens is 4. The van der Waals surface area contributed by atoms with Crippen molar-refractivity contribution in [1.82, 2.24) is 0 Å². The molecule has 0 aliphatic carbocycles. The first-order chi connectivity index (χ1) is 7.34. The molecule has 0 radical (unpaired) electrons. The Balaban J connectivity index is 2.98. The van der Waals surface area contributed by atoms with Crippen molar-refractivity contribution >= 4 is 63.0 Å². The lowest BCUT2D eigenvalue weighted by atomic mass is 10.2. The second-order valence-corrected chi connectivity index (χ2v) is 5.88. The fraction of sp³-hybridized carbons (Fsp3) is 0.111. The molecule has 0 heterocycles. The van der Waals surface area contributed by atoms with E-state index in [0.717, 1.165) is 0 Å². The molecule has 0 atom stereocenters. The number of esters is 1. The van der Waals surface area contributed by atoms with Crippen LogP contribution in [0, 0.1) is 0 Å². The number of hydrogen-bond donors (Lipinski definition) is 0. The molecule has 0 saturated heterocycles. The molecule has 86 valence electrons. The third-order valence-corrected chi connectivity index (χ3v) is 2.49. The van der Waals surface area contributed by atoms with Crippen LogP contribution in [0.1, 0.15) is 10.4 Å². The van der Waals surface area contributed by atoms with Gasteiger partial charge in [-0.2, -0.15) is 0 Å². The number of hydrogen-bond acceptors (Lipinski definition) is 3. The number of carbonyl (C=O) groups excluding carboxylic acids is 2. The van der Waals surface area contributed by atoms with Crippen LogP contribution in [0.4, 0.5) is 0 Å². The van der Waals surface area contributed by atoms with Crippen LogP contribution in [0.5, 0.6) is 5.75 Å². The van der Waals surface area contributed by atoms with E-state index in [4.69, 9.17) is 39.5 Å². The third-order valence-electron chi connectivity index (χ3n) is 1.53. The van der Waals surface area contributed by atoms with Gasteiger partial charge in [0.05, 0.1) is 5.56 Å². The SMILES string of the molecule is O=Cc1cc(Br)ccc1OC(=O)C(Cl)(Cl)Cl. The maximum absolute atomic E-state index is 11.2. The lowest BCUT2D eigenvalue weighted by molar-refractivity contribution is -0.133. The summed E-state index contributed by atoms with van der Waals surface area (Å²) < 4.78 is 3.27. The van der Waals surface area contributed by atoms with E-state index in [0.29, 0.717) is 10.8 Å². The van der Waals surface area contributed by atoms with Gasteiger partial charge in [0, 0.05) is 4.47 Å². The molecule has 1 aromatic rings. The van der Waals surface area contributed by atoms with Gasteiger partial charge in [0.25, 0.3) is 3.79 Å². The van der Waals surface area contributed by atoms with Gasteiger partial charge >= 0.3 is 5.97 Å². The Kier molecular flexibility index (Phi) is 4.62. The Labute approximate surface area is 115 Å². The van der Waals surface area contributed by atoms with E-state index in [-0.39, 0.29) is 11.3 Å². The normalized spacial score (nSPS) is 11.0. The minimum atomic E-state index is -2.17. The topological polar surface area (TPSA) is 43.4 Å². The van der Waals surface area contributed by atoms with Gasteiger partial charge in [-0.05, 0) is 18.2 Å². The summed E-state index contributed by atoms with van der Waals surface area (Å²) in [7, 11) is 0. The zero-order valence-electron chi connectivity index (χ0n) is 7.55. The summed E-state index contributed by atoms with van der Waals surface area (Å²) in [5, 5.41) is 0. The average molecular weight is 346 g/mol. The van der Waals surface area contributed by atoms with Gasteiger partial charge in [-0.15, -0.1) is 0 Å². The molecule has 0 saturated carbocycles. The van der Waals surface area contributed by atoms with Crippen LogP contribution >= 0.6 is 50.7 Å². The summed E-state index contributed by atoms with van der Waals surface area (Å²) in [6.07, 6.45) is 0.533. The Morgan fingerprint density at radius 2 is 2.00 bits per heavy atom. The van der Waals surface area contributed by atoms with Gasteiger partial charge in [-0.1, -0.05) is 50.7 Å². The molecular weight excluding hydrogens is 342 g/mol. The highest BCUT2D eigenvalue weighted by molar-refractivity contribution is 9.10. The van der Waals surface area contributed by atoms with Crippen molar-refractivity contribution in [3.63, 3.8) is 0 Å². The van der Waals surface area contributed by atoms with E-state index >= 15 is 0 Å². The maximum Gasteiger partial charge on any atom is 0.363 e. The second kappa shape index (κ2) is 5.36. The molecule has 0 N–H and O–H groups in total. The van der Waals surface area contributed by atoms with Crippen molar-refractivity contribution in [2.24, 2.45) is 0 Å². The predicted molar refractivity (Wildman–Crippen MR) is 65.5 cm³/mol. The molecular formula is C9H4BrCl3O3. The number of carbonyl (C=O) groups is 2. The largest absolute Gasteiger partial charge is 0.423 e. The van der Waals surface area contributed by atoms with Crippen LogP contribution in [-0.2, 0) is 4.79 Å². The predicted octanol–water partition coefficient (Wildman–Crippen LogP) is 3.54. The van der Waals surface area contributed by atoms with Crippen molar-refractivity contribution in [2.45, 2.75) is 3.79 Å². The van der Waals surface area contributed by atoms with Crippen molar-refractivity contribution in [3.05, 3.63) is 28.2 Å². The summed E-state index contributed by atoms with van der Waals surface area (Å²) in [4.78, 5) is 21.9. The summed E-state index contributed by atoms with van der Waals surface area (Å²) in [5.74, 6) is -1.03. The van der Waals surface area contributed by atoms with Crippen molar-refractivity contribution in [3.8, 4) is 5.75 Å². The van der Waals surface area contributed by atoms with Gasteiger partial charge < -0.3 is 4.74 Å². The summed E-state index contributed by atoms with van der Waals surface area (Å²) in [6.45, 7) is 0. The molecule has 0 fully saturated rings. The Morgan fingerprint density at radius 1 is 1.38 bits per heavy atom. The fourth-order valence-electron chi connectivity index (χ4n) is 0.862. The molecule has 0 bridgehead atoms. The summed E-state index contributed by atoms with van der Waals surface area (Å²) in [6, 6.07) is 4.49. The van der Waals surface area contributed by atoms with Crippen LogP contribution in [0.25, 0.3) is 0 Å². The highest BCUT2D eigenvalue weighted by Gasteiger charge is 2.33.